The molecule has 0 aliphatic carbocycles. The number of fused-ring (bicyclic) bond motifs is 1. The number of rotatable bonds is 3. The summed E-state index contributed by atoms with van der Waals surface area (Å²) >= 11 is 12.5. The second-order valence-corrected chi connectivity index (χ2v) is 5.73. The van der Waals surface area contributed by atoms with E-state index in [1.807, 2.05) is 0 Å². The fourth-order valence-electron chi connectivity index (χ4n) is 2.54. The van der Waals surface area contributed by atoms with Gasteiger partial charge in [-0.3, -0.25) is 9.48 Å². The Balaban J connectivity index is 2.09. The number of halogens is 2. The van der Waals surface area contributed by atoms with E-state index >= 15 is 0 Å². The minimum atomic E-state index is -0.161. The van der Waals surface area contributed by atoms with Crippen molar-refractivity contribution >= 4 is 23.2 Å². The van der Waals surface area contributed by atoms with Gasteiger partial charge in [0.15, 0.2) is 0 Å². The zero-order valence-electron chi connectivity index (χ0n) is 12.2. The Hall–Kier alpha value is -1.87. The van der Waals surface area contributed by atoms with Gasteiger partial charge in [-0.25, -0.2) is 4.68 Å². The Morgan fingerprint density at radius 3 is 2.74 bits per heavy atom. The maximum absolute atomic E-state index is 12.7. The van der Waals surface area contributed by atoms with Gasteiger partial charge in [0, 0.05) is 0 Å². The topological polar surface area (TPSA) is 45.4 Å². The first-order valence-corrected chi connectivity index (χ1v) is 7.82. The van der Waals surface area contributed by atoms with E-state index in [0.29, 0.717) is 53.4 Å². The van der Waals surface area contributed by atoms with E-state index in [0.717, 1.165) is 0 Å². The van der Waals surface area contributed by atoms with Gasteiger partial charge in [-0.15, -0.1) is 6.42 Å². The summed E-state index contributed by atoms with van der Waals surface area (Å²) in [4.78, 5) is 12.7. The molecule has 23 heavy (non-hydrogen) atoms. The first-order valence-electron chi connectivity index (χ1n) is 7.06. The summed E-state index contributed by atoms with van der Waals surface area (Å²) in [6.45, 7) is 2.09. The van der Waals surface area contributed by atoms with Gasteiger partial charge >= 0.3 is 0 Å². The van der Waals surface area contributed by atoms with E-state index in [9.17, 15) is 4.79 Å². The van der Waals surface area contributed by atoms with Crippen molar-refractivity contribution in [1.82, 2.24) is 9.36 Å². The summed E-state index contributed by atoms with van der Waals surface area (Å²) in [6, 6.07) is 5.08. The molecule has 0 amide bonds. The molecule has 1 aromatic carbocycles. The monoisotopic (exact) mass is 352 g/mol. The smallest absolute Gasteiger partial charge is 0.276 e. The van der Waals surface area contributed by atoms with Gasteiger partial charge in [0.1, 0.15) is 17.5 Å². The predicted octanol–water partition coefficient (Wildman–Crippen LogP) is 2.67. The number of hydrogen-bond donors (Lipinski definition) is 0. The van der Waals surface area contributed by atoms with Gasteiger partial charge in [-0.1, -0.05) is 35.2 Å². The maximum atomic E-state index is 12.7. The molecule has 0 N–H and O–H groups in total. The number of ether oxygens (including phenoxy) is 2. The van der Waals surface area contributed by atoms with Crippen LogP contribution in [0.25, 0.3) is 11.1 Å². The molecule has 2 heterocycles. The Morgan fingerprint density at radius 2 is 2.00 bits per heavy atom. The van der Waals surface area contributed by atoms with E-state index in [4.69, 9.17) is 39.1 Å². The summed E-state index contributed by atoms with van der Waals surface area (Å²) in [5, 5.41) is 0.806. The lowest BCUT2D eigenvalue weighted by Crippen LogP contribution is -2.23. The number of aromatic nitrogens is 2. The second-order valence-electron chi connectivity index (χ2n) is 4.97. The SMILES string of the molecule is C#CCOc1cc(-c2c(Cl)n3n(c2=O)CCOCC3)ccc1Cl. The standard InChI is InChI=1S/C16H14Cl2N2O3/c1-2-7-23-13-10-11(3-4-12(13)17)14-15(18)19-5-8-22-9-6-20(19)16(14)21/h1,3-4,10H,5-9H2. The van der Waals surface area contributed by atoms with Crippen LogP contribution in [0.1, 0.15) is 0 Å². The average molecular weight is 353 g/mol. The van der Waals surface area contributed by atoms with Crippen LogP contribution in [0.15, 0.2) is 23.0 Å². The first-order chi connectivity index (χ1) is 11.1. The molecule has 1 aliphatic rings. The van der Waals surface area contributed by atoms with Crippen LogP contribution in [-0.2, 0) is 17.8 Å². The molecule has 7 heteroatoms. The van der Waals surface area contributed by atoms with Crippen LogP contribution in [0.3, 0.4) is 0 Å². The fourth-order valence-corrected chi connectivity index (χ4v) is 3.08. The largest absolute Gasteiger partial charge is 0.479 e. The molecular weight excluding hydrogens is 339 g/mol. The normalized spacial score (nSPS) is 14.0. The predicted molar refractivity (Wildman–Crippen MR) is 89.3 cm³/mol. The van der Waals surface area contributed by atoms with Crippen molar-refractivity contribution < 1.29 is 9.47 Å². The Bertz CT molecular complexity index is 833. The molecule has 2 aromatic rings. The summed E-state index contributed by atoms with van der Waals surface area (Å²) in [5.41, 5.74) is 0.909. The molecule has 3 rings (SSSR count). The molecule has 0 bridgehead atoms. The molecule has 0 saturated carbocycles. The molecule has 0 radical (unpaired) electrons. The molecule has 5 nitrogen and oxygen atoms in total. The van der Waals surface area contributed by atoms with E-state index in [1.54, 1.807) is 27.6 Å². The highest BCUT2D eigenvalue weighted by Crippen LogP contribution is 2.33. The van der Waals surface area contributed by atoms with Crippen LogP contribution in [0, 0.1) is 12.3 Å². The highest BCUT2D eigenvalue weighted by molar-refractivity contribution is 6.33. The lowest BCUT2D eigenvalue weighted by molar-refractivity contribution is 0.137. The fraction of sp³-hybridized carbons (Fsp3) is 0.312. The van der Waals surface area contributed by atoms with E-state index in [-0.39, 0.29) is 12.2 Å². The minimum Gasteiger partial charge on any atom is -0.479 e. The third-order valence-corrected chi connectivity index (χ3v) is 4.29. The average Bonchev–Trinajstić information content (AvgIpc) is 2.74. The van der Waals surface area contributed by atoms with Crippen molar-refractivity contribution in [2.45, 2.75) is 13.1 Å². The van der Waals surface area contributed by atoms with Crippen LogP contribution in [-0.4, -0.2) is 29.2 Å². The zero-order valence-corrected chi connectivity index (χ0v) is 13.7. The maximum Gasteiger partial charge on any atom is 0.276 e. The zero-order chi connectivity index (χ0) is 16.4. The Kier molecular flexibility index (Phi) is 4.67. The lowest BCUT2D eigenvalue weighted by atomic mass is 10.1. The van der Waals surface area contributed by atoms with Gasteiger partial charge in [0.25, 0.3) is 5.56 Å². The Labute approximate surface area is 143 Å². The summed E-state index contributed by atoms with van der Waals surface area (Å²) in [5.74, 6) is 2.80. The van der Waals surface area contributed by atoms with Crippen molar-refractivity contribution in [3.63, 3.8) is 0 Å². The first kappa shape index (κ1) is 16.0. The van der Waals surface area contributed by atoms with Crippen molar-refractivity contribution in [1.29, 1.82) is 0 Å². The van der Waals surface area contributed by atoms with Crippen molar-refractivity contribution in [2.24, 2.45) is 0 Å². The summed E-state index contributed by atoms with van der Waals surface area (Å²) < 4.78 is 14.1. The van der Waals surface area contributed by atoms with Gasteiger partial charge in [0.2, 0.25) is 0 Å². The third kappa shape index (κ3) is 2.98. The highest BCUT2D eigenvalue weighted by Gasteiger charge is 2.22. The van der Waals surface area contributed by atoms with Crippen molar-refractivity contribution in [3.05, 3.63) is 38.7 Å². The summed E-state index contributed by atoms with van der Waals surface area (Å²) in [7, 11) is 0. The molecule has 1 aliphatic heterocycles. The van der Waals surface area contributed by atoms with Crippen LogP contribution in [0.5, 0.6) is 5.75 Å². The molecule has 0 fully saturated rings. The molecule has 0 unspecified atom stereocenters. The van der Waals surface area contributed by atoms with Crippen LogP contribution >= 0.6 is 23.2 Å². The molecule has 1 aromatic heterocycles. The van der Waals surface area contributed by atoms with E-state index in [2.05, 4.69) is 5.92 Å². The summed E-state index contributed by atoms with van der Waals surface area (Å²) in [6.07, 6.45) is 5.20. The minimum absolute atomic E-state index is 0.0967. The highest BCUT2D eigenvalue weighted by atomic mass is 35.5. The van der Waals surface area contributed by atoms with Crippen LogP contribution < -0.4 is 10.3 Å². The van der Waals surface area contributed by atoms with Gasteiger partial charge < -0.3 is 9.47 Å². The van der Waals surface area contributed by atoms with Crippen LogP contribution in [0.4, 0.5) is 0 Å². The molecule has 0 spiro atoms. The molecule has 0 atom stereocenters. The number of nitrogens with zero attached hydrogens (tertiary/aromatic N) is 2. The second kappa shape index (κ2) is 6.71. The molecular formula is C16H14Cl2N2O3. The van der Waals surface area contributed by atoms with Gasteiger partial charge in [0.05, 0.1) is 36.9 Å². The molecule has 0 saturated heterocycles. The van der Waals surface area contributed by atoms with Crippen molar-refractivity contribution in [2.75, 3.05) is 19.8 Å². The Morgan fingerprint density at radius 1 is 1.26 bits per heavy atom. The van der Waals surface area contributed by atoms with E-state index < -0.39 is 0 Å². The number of benzene rings is 1. The van der Waals surface area contributed by atoms with E-state index in [1.165, 1.54) is 0 Å². The van der Waals surface area contributed by atoms with Gasteiger partial charge in [-0.05, 0) is 17.7 Å². The number of terminal acetylenes is 1. The third-order valence-electron chi connectivity index (χ3n) is 3.60. The number of hydrogen-bond acceptors (Lipinski definition) is 3. The molecule has 120 valence electrons. The quantitative estimate of drug-likeness (QED) is 0.797. The van der Waals surface area contributed by atoms with Crippen molar-refractivity contribution in [3.8, 4) is 29.2 Å². The lowest BCUT2D eigenvalue weighted by Gasteiger charge is -2.07. The van der Waals surface area contributed by atoms with Crippen LogP contribution in [0.2, 0.25) is 10.2 Å². The van der Waals surface area contributed by atoms with Gasteiger partial charge in [-0.2, -0.15) is 0 Å².